The van der Waals surface area contributed by atoms with Gasteiger partial charge in [0.2, 0.25) is 0 Å². The largest absolute Gasteiger partial charge is 0.507 e. The molecule has 0 aromatic heterocycles. The van der Waals surface area contributed by atoms with Crippen LogP contribution in [0.3, 0.4) is 0 Å². The summed E-state index contributed by atoms with van der Waals surface area (Å²) in [5, 5.41) is 11.3. The molecule has 0 radical (unpaired) electrons. The molecule has 7 nitrogen and oxygen atoms in total. The summed E-state index contributed by atoms with van der Waals surface area (Å²) in [4.78, 5) is 30.4. The van der Waals surface area contributed by atoms with Crippen molar-refractivity contribution in [1.29, 1.82) is 0 Å². The van der Waals surface area contributed by atoms with Crippen molar-refractivity contribution >= 4 is 17.4 Å². The summed E-state index contributed by atoms with van der Waals surface area (Å²) in [7, 11) is 0. The third-order valence-corrected chi connectivity index (χ3v) is 6.87. The average molecular weight is 523 g/mol. The molecule has 0 saturated carbocycles. The van der Waals surface area contributed by atoms with E-state index < -0.39 is 17.7 Å². The van der Waals surface area contributed by atoms with E-state index in [9.17, 15) is 14.7 Å². The number of amides is 1. The summed E-state index contributed by atoms with van der Waals surface area (Å²) in [6.45, 7) is 12.7. The number of ether oxygens (including phenoxy) is 2. The molecule has 1 aliphatic rings. The molecule has 1 aliphatic heterocycles. The number of hydrogen-bond donors (Lipinski definition) is 1. The maximum atomic E-state index is 13.3. The SMILES string of the molecule is CCCCOc1ccc(C(O)=C2C(=O)C(=O)N(CCCN(CC)CC)[C@H]2c2ccc(OCCC)cc2)cc1. The van der Waals surface area contributed by atoms with E-state index in [0.29, 0.717) is 31.1 Å². The highest BCUT2D eigenvalue weighted by Crippen LogP contribution is 2.40. The molecule has 2 aromatic rings. The van der Waals surface area contributed by atoms with E-state index in [4.69, 9.17) is 9.47 Å². The zero-order chi connectivity index (χ0) is 27.5. The molecule has 38 heavy (non-hydrogen) atoms. The van der Waals surface area contributed by atoms with Gasteiger partial charge in [0.15, 0.2) is 0 Å². The number of ketones is 1. The topological polar surface area (TPSA) is 79.3 Å². The molecule has 1 amide bonds. The second kappa shape index (κ2) is 14.6. The molecule has 0 unspecified atom stereocenters. The Morgan fingerprint density at radius 3 is 2.03 bits per heavy atom. The van der Waals surface area contributed by atoms with Crippen LogP contribution in [0.4, 0.5) is 0 Å². The number of likely N-dealkylation sites (tertiary alicyclic amines) is 1. The highest BCUT2D eigenvalue weighted by atomic mass is 16.5. The highest BCUT2D eigenvalue weighted by molar-refractivity contribution is 6.46. The number of benzene rings is 2. The number of unbranched alkanes of at least 4 members (excludes halogenated alkanes) is 1. The molecule has 1 atom stereocenters. The van der Waals surface area contributed by atoms with Crippen LogP contribution in [-0.2, 0) is 9.59 Å². The quantitative estimate of drug-likeness (QED) is 0.138. The van der Waals surface area contributed by atoms with E-state index in [1.807, 2.05) is 31.2 Å². The number of hydrogen-bond acceptors (Lipinski definition) is 6. The third-order valence-electron chi connectivity index (χ3n) is 6.87. The Morgan fingerprint density at radius 1 is 0.842 bits per heavy atom. The standard InChI is InChI=1S/C31H42N2O5/c1-5-9-22-38-26-17-13-24(14-18-26)29(34)27-28(23-11-15-25(16-12-23)37-21-6-2)33(31(36)30(27)35)20-10-19-32(7-3)8-4/h11-18,28,34H,5-10,19-22H2,1-4H3/t28-/m0/s1. The van der Waals surface area contributed by atoms with E-state index in [2.05, 4.69) is 25.7 Å². The van der Waals surface area contributed by atoms with Crippen molar-refractivity contribution in [2.45, 2.75) is 59.4 Å². The van der Waals surface area contributed by atoms with Crippen molar-refractivity contribution in [1.82, 2.24) is 9.80 Å². The number of aliphatic hydroxyl groups is 1. The lowest BCUT2D eigenvalue weighted by Gasteiger charge is -2.27. The van der Waals surface area contributed by atoms with Crippen LogP contribution in [0, 0.1) is 0 Å². The van der Waals surface area contributed by atoms with Gasteiger partial charge < -0.3 is 24.4 Å². The van der Waals surface area contributed by atoms with Gasteiger partial charge in [-0.2, -0.15) is 0 Å². The smallest absolute Gasteiger partial charge is 0.295 e. The van der Waals surface area contributed by atoms with Gasteiger partial charge in [0.25, 0.3) is 11.7 Å². The van der Waals surface area contributed by atoms with Crippen LogP contribution >= 0.6 is 0 Å². The van der Waals surface area contributed by atoms with Gasteiger partial charge in [-0.3, -0.25) is 9.59 Å². The summed E-state index contributed by atoms with van der Waals surface area (Å²) >= 11 is 0. The molecule has 1 saturated heterocycles. The van der Waals surface area contributed by atoms with E-state index in [0.717, 1.165) is 56.6 Å². The minimum absolute atomic E-state index is 0.111. The molecule has 0 spiro atoms. The van der Waals surface area contributed by atoms with Crippen LogP contribution in [0.5, 0.6) is 11.5 Å². The monoisotopic (exact) mass is 522 g/mol. The molecule has 0 aliphatic carbocycles. The summed E-state index contributed by atoms with van der Waals surface area (Å²) in [6, 6.07) is 13.8. The minimum Gasteiger partial charge on any atom is -0.507 e. The Kier molecular flexibility index (Phi) is 11.2. The fraction of sp³-hybridized carbons (Fsp3) is 0.484. The lowest BCUT2D eigenvalue weighted by Crippen LogP contribution is -2.33. The molecule has 2 aromatic carbocycles. The van der Waals surface area contributed by atoms with Crippen LogP contribution < -0.4 is 9.47 Å². The van der Waals surface area contributed by atoms with Crippen molar-refractivity contribution in [3.05, 3.63) is 65.2 Å². The maximum absolute atomic E-state index is 13.3. The molecule has 1 fully saturated rings. The Hall–Kier alpha value is -3.32. The summed E-state index contributed by atoms with van der Waals surface area (Å²) in [5.74, 6) is 0.0108. The van der Waals surface area contributed by atoms with Gasteiger partial charge in [0, 0.05) is 12.1 Å². The Balaban J connectivity index is 1.95. The van der Waals surface area contributed by atoms with Gasteiger partial charge in [-0.1, -0.05) is 46.2 Å². The van der Waals surface area contributed by atoms with Crippen LogP contribution in [0.1, 0.15) is 70.5 Å². The molecular formula is C31H42N2O5. The molecule has 206 valence electrons. The minimum atomic E-state index is -0.674. The van der Waals surface area contributed by atoms with Crippen molar-refractivity contribution in [3.8, 4) is 11.5 Å². The first kappa shape index (κ1) is 29.2. The maximum Gasteiger partial charge on any atom is 0.295 e. The van der Waals surface area contributed by atoms with Gasteiger partial charge in [-0.25, -0.2) is 0 Å². The zero-order valence-corrected chi connectivity index (χ0v) is 23.2. The molecule has 1 N–H and O–H groups in total. The van der Waals surface area contributed by atoms with Crippen LogP contribution in [-0.4, -0.2) is 66.0 Å². The fourth-order valence-corrected chi connectivity index (χ4v) is 4.63. The first-order valence-electron chi connectivity index (χ1n) is 13.9. The fourth-order valence-electron chi connectivity index (χ4n) is 4.63. The number of carbonyl (C=O) groups is 2. The van der Waals surface area contributed by atoms with E-state index >= 15 is 0 Å². The molecule has 3 rings (SSSR count). The summed E-state index contributed by atoms with van der Waals surface area (Å²) in [5.41, 5.74) is 1.35. The van der Waals surface area contributed by atoms with E-state index in [1.165, 1.54) is 0 Å². The summed E-state index contributed by atoms with van der Waals surface area (Å²) < 4.78 is 11.5. The normalized spacial score (nSPS) is 16.9. The third kappa shape index (κ3) is 7.16. The predicted molar refractivity (Wildman–Crippen MR) is 150 cm³/mol. The average Bonchev–Trinajstić information content (AvgIpc) is 3.19. The number of Topliss-reactive ketones (excluding diaryl/α,β-unsaturated/α-hetero) is 1. The lowest BCUT2D eigenvalue weighted by molar-refractivity contribution is -0.140. The Morgan fingerprint density at radius 2 is 1.45 bits per heavy atom. The zero-order valence-electron chi connectivity index (χ0n) is 23.2. The van der Waals surface area contributed by atoms with Gasteiger partial charge >= 0.3 is 0 Å². The lowest BCUT2D eigenvalue weighted by atomic mass is 9.95. The first-order chi connectivity index (χ1) is 18.4. The van der Waals surface area contributed by atoms with Crippen molar-refractivity contribution < 1.29 is 24.2 Å². The molecular weight excluding hydrogens is 480 g/mol. The second-order valence-electron chi connectivity index (χ2n) is 9.52. The van der Waals surface area contributed by atoms with Crippen LogP contribution in [0.15, 0.2) is 54.1 Å². The van der Waals surface area contributed by atoms with Gasteiger partial charge in [0.05, 0.1) is 24.8 Å². The van der Waals surface area contributed by atoms with Gasteiger partial charge in [0.1, 0.15) is 17.3 Å². The number of carbonyl (C=O) groups excluding carboxylic acids is 2. The number of aliphatic hydroxyl groups excluding tert-OH is 1. The Labute approximate surface area is 227 Å². The molecule has 7 heteroatoms. The highest BCUT2D eigenvalue weighted by Gasteiger charge is 2.45. The predicted octanol–water partition coefficient (Wildman–Crippen LogP) is 5.81. The van der Waals surface area contributed by atoms with E-state index in [1.54, 1.807) is 29.2 Å². The number of rotatable bonds is 15. The Bertz CT molecular complexity index is 1070. The molecule has 1 heterocycles. The van der Waals surface area contributed by atoms with Crippen molar-refractivity contribution in [3.63, 3.8) is 0 Å². The summed E-state index contributed by atoms with van der Waals surface area (Å²) in [6.07, 6.45) is 3.63. The van der Waals surface area contributed by atoms with Gasteiger partial charge in [-0.05, 0) is 80.9 Å². The molecule has 0 bridgehead atoms. The van der Waals surface area contributed by atoms with Crippen molar-refractivity contribution in [2.75, 3.05) is 39.4 Å². The van der Waals surface area contributed by atoms with Gasteiger partial charge in [-0.15, -0.1) is 0 Å². The van der Waals surface area contributed by atoms with Crippen LogP contribution in [0.2, 0.25) is 0 Å². The first-order valence-corrected chi connectivity index (χ1v) is 13.9. The second-order valence-corrected chi connectivity index (χ2v) is 9.52. The van der Waals surface area contributed by atoms with Crippen molar-refractivity contribution in [2.24, 2.45) is 0 Å². The number of nitrogens with zero attached hydrogens (tertiary/aromatic N) is 2. The van der Waals surface area contributed by atoms with Crippen LogP contribution in [0.25, 0.3) is 5.76 Å². The van der Waals surface area contributed by atoms with E-state index in [-0.39, 0.29) is 11.3 Å².